The van der Waals surface area contributed by atoms with E-state index in [9.17, 15) is 4.79 Å². The van der Waals surface area contributed by atoms with E-state index in [-0.39, 0.29) is 18.0 Å². The second-order valence-electron chi connectivity index (χ2n) is 6.57. The van der Waals surface area contributed by atoms with Gasteiger partial charge in [0.05, 0.1) is 25.2 Å². The largest absolute Gasteiger partial charge is 0.493 e. The summed E-state index contributed by atoms with van der Waals surface area (Å²) in [6, 6.07) is 7.90. The maximum Gasteiger partial charge on any atom is 0.308 e. The molecule has 2 fully saturated rings. The monoisotopic (exact) mass is 318 g/mol. The first kappa shape index (κ1) is 16.2. The van der Waals surface area contributed by atoms with E-state index in [2.05, 4.69) is 0 Å². The van der Waals surface area contributed by atoms with Crippen LogP contribution in [0, 0.1) is 11.8 Å². The molecule has 0 saturated heterocycles. The molecule has 0 amide bonds. The molecular formula is C19H26O4. The van der Waals surface area contributed by atoms with Crippen LogP contribution < -0.4 is 9.47 Å². The van der Waals surface area contributed by atoms with E-state index in [1.165, 1.54) is 12.8 Å². The highest BCUT2D eigenvalue weighted by Gasteiger charge is 2.28. The molecule has 1 aromatic carbocycles. The average molecular weight is 318 g/mol. The summed E-state index contributed by atoms with van der Waals surface area (Å²) in [6.45, 7) is 3.13. The van der Waals surface area contributed by atoms with Crippen molar-refractivity contribution in [3.05, 3.63) is 24.3 Å². The average Bonchev–Trinajstić information content (AvgIpc) is 3.39. The van der Waals surface area contributed by atoms with Crippen LogP contribution in [0.5, 0.6) is 11.5 Å². The van der Waals surface area contributed by atoms with Crippen molar-refractivity contribution in [2.45, 2.75) is 51.6 Å². The van der Waals surface area contributed by atoms with Gasteiger partial charge in [-0.3, -0.25) is 4.79 Å². The van der Waals surface area contributed by atoms with Gasteiger partial charge in [-0.05, 0) is 63.5 Å². The SMILES string of the molecule is CCOC(=O)C1CCC(Oc2cccc(OCC3CC3)c2)CC1. The van der Waals surface area contributed by atoms with E-state index in [0.717, 1.165) is 49.7 Å². The van der Waals surface area contributed by atoms with Crippen LogP contribution in [-0.2, 0) is 9.53 Å². The molecule has 4 heteroatoms. The van der Waals surface area contributed by atoms with Crippen LogP contribution in [0.3, 0.4) is 0 Å². The second kappa shape index (κ2) is 7.71. The minimum atomic E-state index is -0.0542. The second-order valence-corrected chi connectivity index (χ2v) is 6.57. The van der Waals surface area contributed by atoms with Gasteiger partial charge in [0.15, 0.2) is 0 Å². The Morgan fingerprint density at radius 2 is 1.83 bits per heavy atom. The van der Waals surface area contributed by atoms with E-state index < -0.39 is 0 Å². The number of ether oxygens (including phenoxy) is 3. The lowest BCUT2D eigenvalue weighted by atomic mass is 9.87. The predicted molar refractivity (Wildman–Crippen MR) is 87.7 cm³/mol. The third kappa shape index (κ3) is 4.88. The first-order valence-corrected chi connectivity index (χ1v) is 8.80. The molecule has 126 valence electrons. The molecule has 0 aliphatic heterocycles. The van der Waals surface area contributed by atoms with Crippen LogP contribution in [0.1, 0.15) is 45.4 Å². The molecule has 2 saturated carbocycles. The molecule has 0 bridgehead atoms. The maximum absolute atomic E-state index is 11.8. The molecule has 0 aromatic heterocycles. The Hall–Kier alpha value is -1.71. The van der Waals surface area contributed by atoms with Gasteiger partial charge in [-0.25, -0.2) is 0 Å². The number of esters is 1. The Morgan fingerprint density at radius 3 is 2.52 bits per heavy atom. The van der Waals surface area contributed by atoms with Crippen molar-refractivity contribution >= 4 is 5.97 Å². The van der Waals surface area contributed by atoms with Gasteiger partial charge >= 0.3 is 5.97 Å². The van der Waals surface area contributed by atoms with Gasteiger partial charge < -0.3 is 14.2 Å². The number of carbonyl (C=O) groups excluding carboxylic acids is 1. The summed E-state index contributed by atoms with van der Waals surface area (Å²) in [6.07, 6.45) is 6.26. The van der Waals surface area contributed by atoms with Crippen molar-refractivity contribution in [1.82, 2.24) is 0 Å². The summed E-state index contributed by atoms with van der Waals surface area (Å²) in [5, 5.41) is 0. The van der Waals surface area contributed by atoms with E-state index in [1.807, 2.05) is 31.2 Å². The maximum atomic E-state index is 11.8. The number of hydrogen-bond acceptors (Lipinski definition) is 4. The Balaban J connectivity index is 1.46. The Bertz CT molecular complexity index is 516. The van der Waals surface area contributed by atoms with E-state index >= 15 is 0 Å². The molecule has 0 heterocycles. The predicted octanol–water partition coefficient (Wildman–Crippen LogP) is 3.98. The summed E-state index contributed by atoms with van der Waals surface area (Å²) in [5.41, 5.74) is 0. The van der Waals surface area contributed by atoms with Crippen LogP contribution >= 0.6 is 0 Å². The molecule has 0 spiro atoms. The lowest BCUT2D eigenvalue weighted by molar-refractivity contribution is -0.149. The molecular weight excluding hydrogens is 292 g/mol. The van der Waals surface area contributed by atoms with E-state index in [1.54, 1.807) is 0 Å². The van der Waals surface area contributed by atoms with Crippen molar-refractivity contribution < 1.29 is 19.0 Å². The van der Waals surface area contributed by atoms with Crippen molar-refractivity contribution in [3.8, 4) is 11.5 Å². The molecule has 0 N–H and O–H groups in total. The standard InChI is InChI=1S/C19H26O4/c1-2-21-19(20)15-8-10-16(11-9-15)23-18-5-3-4-17(12-18)22-13-14-6-7-14/h3-5,12,14-16H,2,6-11,13H2,1H3. The summed E-state index contributed by atoms with van der Waals surface area (Å²) < 4.78 is 17.0. The third-order valence-electron chi connectivity index (χ3n) is 4.59. The van der Waals surface area contributed by atoms with E-state index in [4.69, 9.17) is 14.2 Å². The molecule has 23 heavy (non-hydrogen) atoms. The zero-order chi connectivity index (χ0) is 16.1. The van der Waals surface area contributed by atoms with Crippen LogP contribution in [0.15, 0.2) is 24.3 Å². The van der Waals surface area contributed by atoms with Gasteiger partial charge in [0.1, 0.15) is 11.5 Å². The Morgan fingerprint density at radius 1 is 1.09 bits per heavy atom. The topological polar surface area (TPSA) is 44.8 Å². The molecule has 4 nitrogen and oxygen atoms in total. The highest BCUT2D eigenvalue weighted by molar-refractivity contribution is 5.72. The van der Waals surface area contributed by atoms with Crippen molar-refractivity contribution in [3.63, 3.8) is 0 Å². The van der Waals surface area contributed by atoms with Gasteiger partial charge in [0.25, 0.3) is 0 Å². The highest BCUT2D eigenvalue weighted by atomic mass is 16.5. The lowest BCUT2D eigenvalue weighted by Gasteiger charge is -2.27. The molecule has 2 aliphatic rings. The van der Waals surface area contributed by atoms with Crippen molar-refractivity contribution in [1.29, 1.82) is 0 Å². The normalized spacial score (nSPS) is 24.0. The molecule has 2 aliphatic carbocycles. The fourth-order valence-corrected chi connectivity index (χ4v) is 3.00. The van der Waals surface area contributed by atoms with Crippen LogP contribution in [0.2, 0.25) is 0 Å². The minimum Gasteiger partial charge on any atom is -0.493 e. The molecule has 1 aromatic rings. The summed E-state index contributed by atoms with van der Waals surface area (Å²) in [4.78, 5) is 11.8. The summed E-state index contributed by atoms with van der Waals surface area (Å²) in [5.74, 6) is 2.48. The quantitative estimate of drug-likeness (QED) is 0.713. The van der Waals surface area contributed by atoms with Crippen LogP contribution in [0.4, 0.5) is 0 Å². The number of carbonyl (C=O) groups is 1. The van der Waals surface area contributed by atoms with Crippen LogP contribution in [-0.4, -0.2) is 25.3 Å². The summed E-state index contributed by atoms with van der Waals surface area (Å²) >= 11 is 0. The molecule has 0 radical (unpaired) electrons. The zero-order valence-corrected chi connectivity index (χ0v) is 13.8. The number of rotatable bonds is 7. The van der Waals surface area contributed by atoms with Gasteiger partial charge in [0, 0.05) is 6.07 Å². The Kier molecular flexibility index (Phi) is 5.42. The summed E-state index contributed by atoms with van der Waals surface area (Å²) in [7, 11) is 0. The Labute approximate surface area is 138 Å². The van der Waals surface area contributed by atoms with E-state index in [0.29, 0.717) is 6.61 Å². The smallest absolute Gasteiger partial charge is 0.308 e. The van der Waals surface area contributed by atoms with Gasteiger partial charge in [0.2, 0.25) is 0 Å². The van der Waals surface area contributed by atoms with Crippen molar-refractivity contribution in [2.24, 2.45) is 11.8 Å². The fourth-order valence-electron chi connectivity index (χ4n) is 3.00. The van der Waals surface area contributed by atoms with Gasteiger partial charge in [-0.1, -0.05) is 6.07 Å². The highest BCUT2D eigenvalue weighted by Crippen LogP contribution is 2.32. The first-order chi connectivity index (χ1) is 11.2. The molecule has 0 unspecified atom stereocenters. The fraction of sp³-hybridized carbons (Fsp3) is 0.632. The number of benzene rings is 1. The van der Waals surface area contributed by atoms with Crippen LogP contribution in [0.25, 0.3) is 0 Å². The molecule has 3 rings (SSSR count). The first-order valence-electron chi connectivity index (χ1n) is 8.80. The lowest BCUT2D eigenvalue weighted by Crippen LogP contribution is -2.29. The molecule has 0 atom stereocenters. The van der Waals surface area contributed by atoms with Gasteiger partial charge in [-0.2, -0.15) is 0 Å². The zero-order valence-electron chi connectivity index (χ0n) is 13.8. The number of hydrogen-bond donors (Lipinski definition) is 0. The third-order valence-corrected chi connectivity index (χ3v) is 4.59. The van der Waals surface area contributed by atoms with Crippen molar-refractivity contribution in [2.75, 3.05) is 13.2 Å². The minimum absolute atomic E-state index is 0.0445. The van der Waals surface area contributed by atoms with Gasteiger partial charge in [-0.15, -0.1) is 0 Å².